The standard InChI is InChI=1S/C11H18ClN/c1-4-5-6-11(12)8-9(2)7-10(3)13/h5,8,10-11H,1,6-7,13H2,2-3H3/b9-8+. The second-order valence-corrected chi connectivity index (χ2v) is 3.91. The highest BCUT2D eigenvalue weighted by Crippen LogP contribution is 2.11. The van der Waals surface area contributed by atoms with Crippen LogP contribution in [0.1, 0.15) is 26.7 Å². The molecule has 0 aromatic heterocycles. The van der Waals surface area contributed by atoms with Crippen LogP contribution in [-0.4, -0.2) is 11.4 Å². The summed E-state index contributed by atoms with van der Waals surface area (Å²) in [6, 6.07) is 0.204. The fraction of sp³-hybridized carbons (Fsp3) is 0.545. The number of allylic oxidation sites excluding steroid dienone is 2. The van der Waals surface area contributed by atoms with Crippen molar-refractivity contribution < 1.29 is 0 Å². The van der Waals surface area contributed by atoms with Gasteiger partial charge in [-0.05, 0) is 32.8 Å². The van der Waals surface area contributed by atoms with E-state index >= 15 is 0 Å². The quantitative estimate of drug-likeness (QED) is 0.411. The molecule has 0 saturated heterocycles. The number of alkyl halides is 1. The molecule has 0 aromatic rings. The first kappa shape index (κ1) is 12.5. The summed E-state index contributed by atoms with van der Waals surface area (Å²) in [7, 11) is 0. The van der Waals surface area contributed by atoms with Gasteiger partial charge in [0.1, 0.15) is 0 Å². The first-order valence-electron chi connectivity index (χ1n) is 4.47. The minimum Gasteiger partial charge on any atom is -0.328 e. The number of nitrogens with two attached hydrogens (primary N) is 1. The monoisotopic (exact) mass is 199 g/mol. The molecule has 2 heteroatoms. The summed E-state index contributed by atoms with van der Waals surface area (Å²) in [6.45, 7) is 7.52. The van der Waals surface area contributed by atoms with Crippen LogP contribution < -0.4 is 5.73 Å². The van der Waals surface area contributed by atoms with Gasteiger partial charge in [-0.2, -0.15) is 0 Å². The zero-order valence-corrected chi connectivity index (χ0v) is 9.14. The Morgan fingerprint density at radius 2 is 2.31 bits per heavy atom. The fourth-order valence-electron chi connectivity index (χ4n) is 1.15. The zero-order valence-electron chi connectivity index (χ0n) is 8.39. The van der Waals surface area contributed by atoms with E-state index in [4.69, 9.17) is 17.3 Å². The Kier molecular flexibility index (Phi) is 6.70. The molecule has 0 radical (unpaired) electrons. The average Bonchev–Trinajstić information content (AvgIpc) is 1.98. The van der Waals surface area contributed by atoms with Crippen molar-refractivity contribution in [2.45, 2.75) is 38.1 Å². The third-order valence-corrected chi connectivity index (χ3v) is 1.90. The van der Waals surface area contributed by atoms with Crippen LogP contribution in [0.25, 0.3) is 0 Å². The lowest BCUT2D eigenvalue weighted by molar-refractivity contribution is 0.728. The highest BCUT2D eigenvalue weighted by molar-refractivity contribution is 6.21. The number of rotatable bonds is 5. The molecule has 2 unspecified atom stereocenters. The Balaban J connectivity index is 3.97. The van der Waals surface area contributed by atoms with Gasteiger partial charge in [-0.3, -0.25) is 0 Å². The maximum Gasteiger partial charge on any atom is 0.0559 e. The summed E-state index contributed by atoms with van der Waals surface area (Å²) in [4.78, 5) is 0. The molecule has 74 valence electrons. The molecule has 2 N–H and O–H groups in total. The van der Waals surface area contributed by atoms with Crippen molar-refractivity contribution in [1.82, 2.24) is 0 Å². The van der Waals surface area contributed by atoms with Crippen molar-refractivity contribution in [3.63, 3.8) is 0 Å². The number of halogens is 1. The molecular weight excluding hydrogens is 182 g/mol. The first-order chi connectivity index (χ1) is 6.06. The molecule has 0 aromatic carbocycles. The minimum absolute atomic E-state index is 0.0352. The van der Waals surface area contributed by atoms with Crippen molar-refractivity contribution >= 4 is 11.6 Å². The Labute approximate surface area is 86.0 Å². The Hall–Kier alpha value is -0.490. The molecule has 0 aliphatic carbocycles. The lowest BCUT2D eigenvalue weighted by atomic mass is 10.1. The molecule has 13 heavy (non-hydrogen) atoms. The van der Waals surface area contributed by atoms with Crippen molar-refractivity contribution in [2.75, 3.05) is 0 Å². The van der Waals surface area contributed by atoms with E-state index in [0.29, 0.717) is 0 Å². The largest absolute Gasteiger partial charge is 0.328 e. The van der Waals surface area contributed by atoms with Crippen LogP contribution in [0, 0.1) is 0 Å². The highest BCUT2D eigenvalue weighted by atomic mass is 35.5. The van der Waals surface area contributed by atoms with E-state index in [1.54, 1.807) is 0 Å². The van der Waals surface area contributed by atoms with E-state index in [1.807, 2.05) is 19.1 Å². The Bertz CT molecular complexity index is 212. The van der Waals surface area contributed by atoms with Gasteiger partial charge in [0.05, 0.1) is 5.38 Å². The van der Waals surface area contributed by atoms with Crippen molar-refractivity contribution in [3.05, 3.63) is 30.0 Å². The topological polar surface area (TPSA) is 26.0 Å². The van der Waals surface area contributed by atoms with Crippen LogP contribution in [0.5, 0.6) is 0 Å². The van der Waals surface area contributed by atoms with Gasteiger partial charge in [-0.25, -0.2) is 0 Å². The van der Waals surface area contributed by atoms with Gasteiger partial charge in [-0.1, -0.05) is 18.2 Å². The van der Waals surface area contributed by atoms with E-state index in [-0.39, 0.29) is 11.4 Å². The first-order valence-corrected chi connectivity index (χ1v) is 4.91. The van der Waals surface area contributed by atoms with Crippen LogP contribution >= 0.6 is 11.6 Å². The molecule has 0 aliphatic rings. The predicted octanol–water partition coefficient (Wildman–Crippen LogP) is 3.01. The smallest absolute Gasteiger partial charge is 0.0559 e. The fourth-order valence-corrected chi connectivity index (χ4v) is 1.45. The van der Waals surface area contributed by atoms with Gasteiger partial charge < -0.3 is 5.73 Å². The van der Waals surface area contributed by atoms with Crippen LogP contribution in [0.2, 0.25) is 0 Å². The molecule has 0 aliphatic heterocycles. The van der Waals surface area contributed by atoms with E-state index in [2.05, 4.69) is 19.2 Å². The molecule has 0 amide bonds. The maximum absolute atomic E-state index is 6.02. The third-order valence-electron chi connectivity index (χ3n) is 1.60. The predicted molar refractivity (Wildman–Crippen MR) is 60.0 cm³/mol. The summed E-state index contributed by atoms with van der Waals surface area (Å²) in [5.41, 5.74) is 9.60. The summed E-state index contributed by atoms with van der Waals surface area (Å²) in [6.07, 6.45) is 5.56. The second kappa shape index (κ2) is 6.97. The van der Waals surface area contributed by atoms with E-state index in [1.165, 1.54) is 5.57 Å². The minimum atomic E-state index is 0.0352. The van der Waals surface area contributed by atoms with Gasteiger partial charge in [0.15, 0.2) is 0 Å². The summed E-state index contributed by atoms with van der Waals surface area (Å²) in [5.74, 6) is 0. The van der Waals surface area contributed by atoms with Gasteiger partial charge in [0.25, 0.3) is 0 Å². The maximum atomic E-state index is 6.02. The SMILES string of the molecule is C=C=CCC(Cl)/C=C(\C)CC(C)N. The summed E-state index contributed by atoms with van der Waals surface area (Å²) in [5, 5.41) is 0.0352. The molecule has 0 fully saturated rings. The highest BCUT2D eigenvalue weighted by Gasteiger charge is 2.00. The molecule has 0 saturated carbocycles. The van der Waals surface area contributed by atoms with Crippen LogP contribution in [0.3, 0.4) is 0 Å². The van der Waals surface area contributed by atoms with E-state index in [9.17, 15) is 0 Å². The second-order valence-electron chi connectivity index (χ2n) is 3.35. The summed E-state index contributed by atoms with van der Waals surface area (Å²) < 4.78 is 0. The average molecular weight is 200 g/mol. The van der Waals surface area contributed by atoms with Crippen LogP contribution in [-0.2, 0) is 0 Å². The number of hydrogen-bond acceptors (Lipinski definition) is 1. The molecule has 0 bridgehead atoms. The molecule has 0 heterocycles. The van der Waals surface area contributed by atoms with Crippen LogP contribution in [0.15, 0.2) is 30.0 Å². The normalized spacial score (nSPS) is 16.2. The number of hydrogen-bond donors (Lipinski definition) is 1. The van der Waals surface area contributed by atoms with Gasteiger partial charge >= 0.3 is 0 Å². The molecule has 1 nitrogen and oxygen atoms in total. The lowest BCUT2D eigenvalue weighted by Crippen LogP contribution is -2.15. The molecule has 0 spiro atoms. The van der Waals surface area contributed by atoms with Crippen molar-refractivity contribution in [2.24, 2.45) is 5.73 Å². The van der Waals surface area contributed by atoms with E-state index < -0.39 is 0 Å². The third kappa shape index (κ3) is 7.86. The Morgan fingerprint density at radius 1 is 1.69 bits per heavy atom. The Morgan fingerprint density at radius 3 is 2.77 bits per heavy atom. The van der Waals surface area contributed by atoms with Crippen molar-refractivity contribution in [3.8, 4) is 0 Å². The summed E-state index contributed by atoms with van der Waals surface area (Å²) >= 11 is 6.02. The molecular formula is C11H18ClN. The van der Waals surface area contributed by atoms with Gasteiger partial charge in [0, 0.05) is 6.04 Å². The van der Waals surface area contributed by atoms with Gasteiger partial charge in [0.2, 0.25) is 0 Å². The zero-order chi connectivity index (χ0) is 10.3. The van der Waals surface area contributed by atoms with Crippen molar-refractivity contribution in [1.29, 1.82) is 0 Å². The lowest BCUT2D eigenvalue weighted by Gasteiger charge is -2.06. The molecule has 0 rings (SSSR count). The van der Waals surface area contributed by atoms with E-state index in [0.717, 1.165) is 12.8 Å². The van der Waals surface area contributed by atoms with Crippen LogP contribution in [0.4, 0.5) is 0 Å². The molecule has 2 atom stereocenters. The van der Waals surface area contributed by atoms with Gasteiger partial charge in [-0.15, -0.1) is 17.3 Å².